The number of ketones is 1. The summed E-state index contributed by atoms with van der Waals surface area (Å²) in [7, 11) is 0. The Morgan fingerprint density at radius 2 is 1.97 bits per heavy atom. The quantitative estimate of drug-likeness (QED) is 0.387. The number of Topliss-reactive ketones (excluding diaryl/α,β-unsaturated/α-hetero) is 1. The average molecular weight is 481 g/mol. The van der Waals surface area contributed by atoms with Gasteiger partial charge in [0.15, 0.2) is 5.78 Å². The Kier molecular flexibility index (Phi) is 5.73. The zero-order valence-corrected chi connectivity index (χ0v) is 18.2. The molecule has 0 saturated heterocycles. The van der Waals surface area contributed by atoms with Crippen molar-refractivity contribution in [2.75, 3.05) is 11.4 Å². The molecule has 0 spiro atoms. The smallest absolute Gasteiger partial charge is 0.305 e. The number of aromatic nitrogens is 3. The fraction of sp³-hybridized carbons (Fsp3) is 0.273. The number of benzene rings is 1. The Labute approximate surface area is 190 Å². The number of anilines is 1. The highest BCUT2D eigenvalue weighted by atomic mass is 35.5. The molecule has 0 bridgehead atoms. The van der Waals surface area contributed by atoms with Crippen molar-refractivity contribution in [3.05, 3.63) is 75.6 Å². The van der Waals surface area contributed by atoms with Crippen molar-refractivity contribution >= 4 is 29.0 Å². The minimum Gasteiger partial charge on any atom is -0.305 e. The number of rotatable bonds is 4. The zero-order chi connectivity index (χ0) is 24.1. The van der Waals surface area contributed by atoms with E-state index >= 15 is 0 Å². The number of pyridine rings is 1. The lowest BCUT2D eigenvalue weighted by Gasteiger charge is -2.32. The van der Waals surface area contributed by atoms with E-state index in [0.717, 1.165) is 18.3 Å². The van der Waals surface area contributed by atoms with Gasteiger partial charge in [0, 0.05) is 36.0 Å². The molecule has 3 heterocycles. The molecule has 1 atom stereocenters. The maximum Gasteiger partial charge on any atom is 0.417 e. The monoisotopic (exact) mass is 480 g/mol. The number of alkyl halides is 3. The second-order valence-electron chi connectivity index (χ2n) is 7.78. The van der Waals surface area contributed by atoms with Gasteiger partial charge in [-0.2, -0.15) is 18.3 Å². The van der Waals surface area contributed by atoms with Crippen molar-refractivity contribution in [2.45, 2.75) is 32.5 Å². The second-order valence-corrected chi connectivity index (χ2v) is 8.19. The summed E-state index contributed by atoms with van der Waals surface area (Å²) in [5, 5.41) is 3.70. The minimum atomic E-state index is -4.62. The molecule has 0 saturated carbocycles. The van der Waals surface area contributed by atoms with Crippen molar-refractivity contribution in [1.29, 1.82) is 0 Å². The molecule has 1 aromatic carbocycles. The predicted octanol–water partition coefficient (Wildman–Crippen LogP) is 5.04. The molecular weight excluding hydrogens is 464 g/mol. The molecule has 0 N–H and O–H groups in total. The SMILES string of the molecule is Cc1c(F)cncc1C(=O)Cc1cnn2c1C(=O)N(c1ccc(C(F)(F)F)c(Cl)c1)C[C@@H]2C. The van der Waals surface area contributed by atoms with Crippen LogP contribution in [0.5, 0.6) is 0 Å². The number of carbonyl (C=O) groups excluding carboxylic acids is 2. The van der Waals surface area contributed by atoms with Crippen LogP contribution < -0.4 is 4.90 Å². The number of carbonyl (C=O) groups is 2. The number of amides is 1. The number of hydrogen-bond acceptors (Lipinski definition) is 4. The first-order chi connectivity index (χ1) is 15.5. The van der Waals surface area contributed by atoms with Gasteiger partial charge in [-0.25, -0.2) is 4.39 Å². The van der Waals surface area contributed by atoms with Crippen molar-refractivity contribution in [3.63, 3.8) is 0 Å². The highest BCUT2D eigenvalue weighted by Crippen LogP contribution is 2.38. The third kappa shape index (κ3) is 4.10. The molecule has 33 heavy (non-hydrogen) atoms. The summed E-state index contributed by atoms with van der Waals surface area (Å²) in [4.78, 5) is 31.1. The van der Waals surface area contributed by atoms with E-state index in [2.05, 4.69) is 10.1 Å². The third-order valence-corrected chi connectivity index (χ3v) is 5.87. The molecular formula is C22H17ClF4N4O2. The standard InChI is InChI=1S/C22H17ClF4N4O2/c1-11-10-30(14-3-4-16(17(23)6-14)22(25,26)27)21(33)20-13(7-29-31(11)20)5-19(32)15-8-28-9-18(24)12(15)2/h3-4,6-9,11H,5,10H2,1-2H3/t11-/m0/s1. The Morgan fingerprint density at radius 3 is 2.64 bits per heavy atom. The van der Waals surface area contributed by atoms with E-state index in [1.54, 1.807) is 6.92 Å². The summed E-state index contributed by atoms with van der Waals surface area (Å²) >= 11 is 5.84. The van der Waals surface area contributed by atoms with Gasteiger partial charge in [0.05, 0.1) is 29.0 Å². The number of nitrogens with zero attached hydrogens (tertiary/aromatic N) is 4. The van der Waals surface area contributed by atoms with Crippen LogP contribution in [0.2, 0.25) is 5.02 Å². The van der Waals surface area contributed by atoms with Crippen LogP contribution >= 0.6 is 11.6 Å². The third-order valence-electron chi connectivity index (χ3n) is 5.56. The second kappa shape index (κ2) is 8.26. The molecule has 1 amide bonds. The molecule has 0 fully saturated rings. The van der Waals surface area contributed by atoms with Crippen molar-refractivity contribution in [3.8, 4) is 0 Å². The van der Waals surface area contributed by atoms with Gasteiger partial charge < -0.3 is 4.90 Å². The van der Waals surface area contributed by atoms with Crippen molar-refractivity contribution in [2.24, 2.45) is 0 Å². The van der Waals surface area contributed by atoms with Crippen LogP contribution in [0.15, 0.2) is 36.8 Å². The maximum atomic E-state index is 13.8. The van der Waals surface area contributed by atoms with Crippen LogP contribution in [-0.4, -0.2) is 33.0 Å². The summed E-state index contributed by atoms with van der Waals surface area (Å²) in [6.07, 6.45) is -1.18. The Bertz CT molecular complexity index is 1270. The van der Waals surface area contributed by atoms with Gasteiger partial charge in [-0.3, -0.25) is 19.3 Å². The van der Waals surface area contributed by atoms with Gasteiger partial charge in [0.1, 0.15) is 11.5 Å². The van der Waals surface area contributed by atoms with Gasteiger partial charge in [-0.1, -0.05) is 11.6 Å². The Hall–Kier alpha value is -3.27. The van der Waals surface area contributed by atoms with Crippen molar-refractivity contribution < 1.29 is 27.2 Å². The van der Waals surface area contributed by atoms with Gasteiger partial charge in [-0.15, -0.1) is 0 Å². The summed E-state index contributed by atoms with van der Waals surface area (Å²) in [6.45, 7) is 3.39. The van der Waals surface area contributed by atoms with E-state index in [9.17, 15) is 27.2 Å². The molecule has 0 radical (unpaired) electrons. The summed E-state index contributed by atoms with van der Waals surface area (Å²) in [5.74, 6) is -1.59. The lowest BCUT2D eigenvalue weighted by atomic mass is 10.00. The van der Waals surface area contributed by atoms with Gasteiger partial charge >= 0.3 is 6.18 Å². The Balaban J connectivity index is 1.67. The molecule has 1 aliphatic heterocycles. The predicted molar refractivity (Wildman–Crippen MR) is 112 cm³/mol. The van der Waals surface area contributed by atoms with E-state index in [0.29, 0.717) is 5.56 Å². The van der Waals surface area contributed by atoms with Crippen LogP contribution in [0.25, 0.3) is 0 Å². The van der Waals surface area contributed by atoms with Crippen LogP contribution in [0.1, 0.15) is 50.5 Å². The van der Waals surface area contributed by atoms with Crippen LogP contribution in [-0.2, 0) is 12.6 Å². The number of hydrogen-bond donors (Lipinski definition) is 0. The van der Waals surface area contributed by atoms with Gasteiger partial charge in [0.25, 0.3) is 5.91 Å². The summed E-state index contributed by atoms with van der Waals surface area (Å²) in [6, 6.07) is 2.78. The first kappa shape index (κ1) is 22.9. The zero-order valence-electron chi connectivity index (χ0n) is 17.5. The number of halogens is 5. The van der Waals surface area contributed by atoms with Crippen molar-refractivity contribution in [1.82, 2.24) is 14.8 Å². The molecule has 0 unspecified atom stereocenters. The lowest BCUT2D eigenvalue weighted by Crippen LogP contribution is -2.43. The van der Waals surface area contributed by atoms with Gasteiger partial charge in [-0.05, 0) is 37.6 Å². The molecule has 3 aromatic rings. The average Bonchev–Trinajstić information content (AvgIpc) is 3.16. The number of fused-ring (bicyclic) bond motifs is 1. The first-order valence-electron chi connectivity index (χ1n) is 9.87. The molecule has 6 nitrogen and oxygen atoms in total. The molecule has 11 heteroatoms. The molecule has 1 aliphatic rings. The Morgan fingerprint density at radius 1 is 1.24 bits per heavy atom. The normalized spacial score (nSPS) is 16.2. The van der Waals surface area contributed by atoms with E-state index in [4.69, 9.17) is 11.6 Å². The summed E-state index contributed by atoms with van der Waals surface area (Å²) in [5.41, 5.74) is -0.0988. The fourth-order valence-corrected chi connectivity index (χ4v) is 4.10. The van der Waals surface area contributed by atoms with E-state index in [-0.39, 0.29) is 41.5 Å². The van der Waals surface area contributed by atoms with E-state index < -0.39 is 34.3 Å². The maximum absolute atomic E-state index is 13.8. The minimum absolute atomic E-state index is 0.0950. The largest absolute Gasteiger partial charge is 0.417 e. The highest BCUT2D eigenvalue weighted by Gasteiger charge is 2.36. The highest BCUT2D eigenvalue weighted by molar-refractivity contribution is 6.31. The van der Waals surface area contributed by atoms with E-state index in [1.807, 2.05) is 0 Å². The molecule has 0 aliphatic carbocycles. The van der Waals surface area contributed by atoms with Gasteiger partial charge in [0.2, 0.25) is 0 Å². The molecule has 2 aromatic heterocycles. The van der Waals surface area contributed by atoms with Crippen LogP contribution in [0.3, 0.4) is 0 Å². The molecule has 4 rings (SSSR count). The van der Waals surface area contributed by atoms with E-state index in [1.165, 1.54) is 35.0 Å². The first-order valence-corrected chi connectivity index (χ1v) is 10.2. The van der Waals surface area contributed by atoms with Crippen LogP contribution in [0, 0.1) is 12.7 Å². The van der Waals surface area contributed by atoms with Crippen LogP contribution in [0.4, 0.5) is 23.2 Å². The molecule has 172 valence electrons. The topological polar surface area (TPSA) is 68.1 Å². The summed E-state index contributed by atoms with van der Waals surface area (Å²) < 4.78 is 54.4. The fourth-order valence-electron chi connectivity index (χ4n) is 3.82. The lowest BCUT2D eigenvalue weighted by molar-refractivity contribution is -0.137.